The van der Waals surface area contributed by atoms with E-state index in [2.05, 4.69) is 26.3 Å². The number of nitrogens with one attached hydrogen (secondary N) is 1. The van der Waals surface area contributed by atoms with Crippen molar-refractivity contribution in [1.82, 2.24) is 25.0 Å². The number of H-pyrrole nitrogens is 1. The van der Waals surface area contributed by atoms with Gasteiger partial charge < -0.3 is 9.72 Å². The van der Waals surface area contributed by atoms with Gasteiger partial charge in [0.15, 0.2) is 0 Å². The highest BCUT2D eigenvalue weighted by Gasteiger charge is 2.13. The Morgan fingerprint density at radius 2 is 2.14 bits per heavy atom. The molecule has 0 unspecified atom stereocenters. The van der Waals surface area contributed by atoms with Gasteiger partial charge in [-0.3, -0.25) is 0 Å². The summed E-state index contributed by atoms with van der Waals surface area (Å²) in [6, 6.07) is 7.94. The molecule has 1 N–H and O–H groups in total. The Bertz CT molecular complexity index is 953. The highest BCUT2D eigenvalue weighted by molar-refractivity contribution is 5.99. The van der Waals surface area contributed by atoms with Crippen molar-refractivity contribution in [3.63, 3.8) is 0 Å². The topological polar surface area (TPSA) is 68.6 Å². The van der Waals surface area contributed by atoms with Crippen LogP contribution in [-0.4, -0.2) is 32.1 Å². The van der Waals surface area contributed by atoms with Gasteiger partial charge in [0.1, 0.15) is 16.9 Å². The second-order valence-corrected chi connectivity index (χ2v) is 4.86. The second kappa shape index (κ2) is 4.31. The molecule has 0 bridgehead atoms. The maximum absolute atomic E-state index is 5.45. The number of ether oxygens (including phenoxy) is 1. The Hall–Kier alpha value is -2.89. The maximum Gasteiger partial charge on any atom is 0.141 e. The smallest absolute Gasteiger partial charge is 0.141 e. The minimum atomic E-state index is 0.805. The molecule has 21 heavy (non-hydrogen) atoms. The number of nitrogens with zero attached hydrogens (tertiary/aromatic N) is 4. The van der Waals surface area contributed by atoms with Gasteiger partial charge in [-0.25, -0.2) is 9.67 Å². The molecule has 1 aromatic carbocycles. The lowest BCUT2D eigenvalue weighted by molar-refractivity contribution is 0.419. The van der Waals surface area contributed by atoms with Crippen molar-refractivity contribution in [2.24, 2.45) is 7.05 Å². The van der Waals surface area contributed by atoms with Crippen LogP contribution in [-0.2, 0) is 7.05 Å². The van der Waals surface area contributed by atoms with Crippen molar-refractivity contribution in [2.75, 3.05) is 7.11 Å². The number of hydrogen-bond acceptors (Lipinski definition) is 4. The molecule has 0 aliphatic heterocycles. The molecule has 0 amide bonds. The van der Waals surface area contributed by atoms with Crippen LogP contribution in [0.25, 0.3) is 33.2 Å². The summed E-state index contributed by atoms with van der Waals surface area (Å²) in [5, 5.41) is 9.12. The molecule has 6 nitrogen and oxygen atoms in total. The number of aryl methyl sites for hydroxylation is 1. The second-order valence-electron chi connectivity index (χ2n) is 4.86. The summed E-state index contributed by atoms with van der Waals surface area (Å²) in [6.45, 7) is 0. The van der Waals surface area contributed by atoms with E-state index in [-0.39, 0.29) is 0 Å². The van der Waals surface area contributed by atoms with E-state index in [0.29, 0.717) is 0 Å². The zero-order valence-corrected chi connectivity index (χ0v) is 11.7. The molecule has 3 heterocycles. The zero-order chi connectivity index (χ0) is 14.4. The number of rotatable bonds is 2. The van der Waals surface area contributed by atoms with Crippen molar-refractivity contribution in [1.29, 1.82) is 0 Å². The SMILES string of the molecule is COc1ccnc2[nH]cc(-c3ccc4nnn(C)c4c3)c12. The first kappa shape index (κ1) is 11.9. The van der Waals surface area contributed by atoms with Gasteiger partial charge in [-0.2, -0.15) is 0 Å². The third-order valence-corrected chi connectivity index (χ3v) is 3.68. The molecule has 104 valence electrons. The number of aromatic nitrogens is 5. The van der Waals surface area contributed by atoms with Gasteiger partial charge in [-0.15, -0.1) is 5.10 Å². The fraction of sp³-hybridized carbons (Fsp3) is 0.133. The lowest BCUT2D eigenvalue weighted by Crippen LogP contribution is -1.90. The molecule has 0 saturated carbocycles. The lowest BCUT2D eigenvalue weighted by Gasteiger charge is -2.05. The monoisotopic (exact) mass is 279 g/mol. The van der Waals surface area contributed by atoms with Gasteiger partial charge >= 0.3 is 0 Å². The standard InChI is InChI=1S/C15H13N5O/c1-20-12-7-9(3-4-11(12)18-19-20)10-8-17-15-14(10)13(21-2)5-6-16-15/h3-8H,1-2H3,(H,16,17). The molecule has 0 radical (unpaired) electrons. The quantitative estimate of drug-likeness (QED) is 0.612. The number of pyridine rings is 1. The molecule has 0 atom stereocenters. The summed E-state index contributed by atoms with van der Waals surface area (Å²) in [5.74, 6) is 0.805. The van der Waals surface area contributed by atoms with Crippen LogP contribution >= 0.6 is 0 Å². The third-order valence-electron chi connectivity index (χ3n) is 3.68. The predicted molar refractivity (Wildman–Crippen MR) is 80.1 cm³/mol. The van der Waals surface area contributed by atoms with Crippen LogP contribution in [0, 0.1) is 0 Å². The van der Waals surface area contributed by atoms with Crippen LogP contribution < -0.4 is 4.74 Å². The number of fused-ring (bicyclic) bond motifs is 2. The Balaban J connectivity index is 2.01. The fourth-order valence-corrected chi connectivity index (χ4v) is 2.62. The van der Waals surface area contributed by atoms with Crippen molar-refractivity contribution >= 4 is 22.1 Å². The summed E-state index contributed by atoms with van der Waals surface area (Å²) in [6.07, 6.45) is 3.68. The Morgan fingerprint density at radius 1 is 1.24 bits per heavy atom. The Morgan fingerprint density at radius 3 is 3.00 bits per heavy atom. The van der Waals surface area contributed by atoms with Gasteiger partial charge in [-0.05, 0) is 23.8 Å². The molecule has 0 saturated heterocycles. The Labute approximate surface area is 120 Å². The zero-order valence-electron chi connectivity index (χ0n) is 11.7. The van der Waals surface area contributed by atoms with E-state index >= 15 is 0 Å². The summed E-state index contributed by atoms with van der Waals surface area (Å²) < 4.78 is 7.22. The predicted octanol–water partition coefficient (Wildman–Crippen LogP) is 2.52. The van der Waals surface area contributed by atoms with Crippen LogP contribution in [0.1, 0.15) is 0 Å². The summed E-state index contributed by atoms with van der Waals surface area (Å²) in [5.41, 5.74) is 4.81. The van der Waals surface area contributed by atoms with Crippen molar-refractivity contribution in [2.45, 2.75) is 0 Å². The van der Waals surface area contributed by atoms with Crippen LogP contribution in [0.4, 0.5) is 0 Å². The van der Waals surface area contributed by atoms with Crippen molar-refractivity contribution < 1.29 is 4.74 Å². The van der Waals surface area contributed by atoms with E-state index in [1.54, 1.807) is 18.0 Å². The lowest BCUT2D eigenvalue weighted by atomic mass is 10.0. The number of benzene rings is 1. The normalized spacial score (nSPS) is 11.3. The highest BCUT2D eigenvalue weighted by Crippen LogP contribution is 2.34. The van der Waals surface area contributed by atoms with Gasteiger partial charge in [0.2, 0.25) is 0 Å². The minimum absolute atomic E-state index is 0.805. The van der Waals surface area contributed by atoms with E-state index in [1.165, 1.54) is 0 Å². The van der Waals surface area contributed by atoms with Crippen LogP contribution in [0.5, 0.6) is 5.75 Å². The molecule has 0 aliphatic carbocycles. The molecule has 4 rings (SSSR count). The van der Waals surface area contributed by atoms with E-state index in [9.17, 15) is 0 Å². The molecule has 3 aromatic heterocycles. The third kappa shape index (κ3) is 1.69. The average Bonchev–Trinajstić information content (AvgIpc) is 3.11. The first-order valence-corrected chi connectivity index (χ1v) is 6.58. The largest absolute Gasteiger partial charge is 0.496 e. The fourth-order valence-electron chi connectivity index (χ4n) is 2.62. The number of hydrogen-bond donors (Lipinski definition) is 1. The van der Waals surface area contributed by atoms with E-state index in [4.69, 9.17) is 4.74 Å². The highest BCUT2D eigenvalue weighted by atomic mass is 16.5. The molecule has 0 fully saturated rings. The molecule has 0 spiro atoms. The van der Waals surface area contributed by atoms with Crippen LogP contribution in [0.15, 0.2) is 36.7 Å². The molecular formula is C15H13N5O. The van der Waals surface area contributed by atoms with Gasteiger partial charge in [0.05, 0.1) is 18.0 Å². The minimum Gasteiger partial charge on any atom is -0.496 e. The summed E-state index contributed by atoms with van der Waals surface area (Å²) in [4.78, 5) is 7.53. The van der Waals surface area contributed by atoms with Crippen molar-refractivity contribution in [3.8, 4) is 16.9 Å². The summed E-state index contributed by atoms with van der Waals surface area (Å²) in [7, 11) is 3.55. The first-order valence-electron chi connectivity index (χ1n) is 6.58. The van der Waals surface area contributed by atoms with Gasteiger partial charge in [0, 0.05) is 25.0 Å². The average molecular weight is 279 g/mol. The van der Waals surface area contributed by atoms with Crippen molar-refractivity contribution in [3.05, 3.63) is 36.7 Å². The van der Waals surface area contributed by atoms with Crippen LogP contribution in [0.2, 0.25) is 0 Å². The molecule has 0 aliphatic rings. The van der Waals surface area contributed by atoms with E-state index < -0.39 is 0 Å². The van der Waals surface area contributed by atoms with Crippen LogP contribution in [0.3, 0.4) is 0 Å². The molecule has 6 heteroatoms. The Kier molecular flexibility index (Phi) is 2.44. The molecule has 4 aromatic rings. The van der Waals surface area contributed by atoms with Gasteiger partial charge in [-0.1, -0.05) is 11.3 Å². The molecular weight excluding hydrogens is 266 g/mol. The summed E-state index contributed by atoms with van der Waals surface area (Å²) >= 11 is 0. The first-order chi connectivity index (χ1) is 10.3. The van der Waals surface area contributed by atoms with E-state index in [0.717, 1.165) is 38.9 Å². The number of methoxy groups -OCH3 is 1. The van der Waals surface area contributed by atoms with Gasteiger partial charge in [0.25, 0.3) is 0 Å². The maximum atomic E-state index is 5.45. The van der Waals surface area contributed by atoms with E-state index in [1.807, 2.05) is 31.4 Å². The number of aromatic amines is 1.